The van der Waals surface area contributed by atoms with Gasteiger partial charge in [-0.05, 0) is 29.0 Å². The lowest BCUT2D eigenvalue weighted by atomic mass is 10.1. The number of aromatic nitrogens is 4. The van der Waals surface area contributed by atoms with E-state index in [-0.39, 0.29) is 0 Å². The lowest BCUT2D eigenvalue weighted by Crippen LogP contribution is -2.26. The van der Waals surface area contributed by atoms with E-state index in [0.717, 1.165) is 27.7 Å². The molecule has 1 aliphatic heterocycles. The SMILES string of the molecule is F[C@@H]1CCN(CCn2nc(I)c3c(Cl)c(-c4ccccc4)nnc32)C1. The van der Waals surface area contributed by atoms with Crippen LogP contribution in [0.25, 0.3) is 22.3 Å². The van der Waals surface area contributed by atoms with Gasteiger partial charge in [0, 0.05) is 25.2 Å². The average Bonchev–Trinajstić information content (AvgIpc) is 3.18. The number of alkyl halides is 1. The molecule has 2 aromatic heterocycles. The molecule has 0 N–H and O–H groups in total. The third-order valence-electron chi connectivity index (χ3n) is 4.45. The van der Waals surface area contributed by atoms with Gasteiger partial charge in [0.1, 0.15) is 15.6 Å². The zero-order chi connectivity index (χ0) is 17.4. The Morgan fingerprint density at radius 3 is 2.72 bits per heavy atom. The Morgan fingerprint density at radius 1 is 1.20 bits per heavy atom. The third-order valence-corrected chi connectivity index (χ3v) is 5.57. The fraction of sp³-hybridized carbons (Fsp3) is 0.353. The summed E-state index contributed by atoms with van der Waals surface area (Å²) in [6.07, 6.45) is -0.0964. The summed E-state index contributed by atoms with van der Waals surface area (Å²) < 4.78 is 15.9. The molecule has 0 aliphatic carbocycles. The van der Waals surface area contributed by atoms with E-state index >= 15 is 0 Å². The molecule has 25 heavy (non-hydrogen) atoms. The Bertz CT molecular complexity index is 901. The van der Waals surface area contributed by atoms with Gasteiger partial charge in [0.15, 0.2) is 5.65 Å². The van der Waals surface area contributed by atoms with Gasteiger partial charge >= 0.3 is 0 Å². The number of nitrogens with zero attached hydrogens (tertiary/aromatic N) is 5. The summed E-state index contributed by atoms with van der Waals surface area (Å²) in [6.45, 7) is 2.68. The number of hydrogen-bond acceptors (Lipinski definition) is 4. The van der Waals surface area contributed by atoms with Crippen molar-refractivity contribution in [3.63, 3.8) is 0 Å². The number of rotatable bonds is 4. The van der Waals surface area contributed by atoms with Crippen molar-refractivity contribution in [3.05, 3.63) is 39.1 Å². The van der Waals surface area contributed by atoms with Gasteiger partial charge in [-0.3, -0.25) is 4.90 Å². The van der Waals surface area contributed by atoms with Crippen LogP contribution in [0.3, 0.4) is 0 Å². The standard InChI is InChI=1S/C17H16ClFIN5/c18-14-13-16(20)23-25(9-8-24-7-6-12(19)10-24)17(13)22-21-15(14)11-4-2-1-3-5-11/h1-5,12H,6-10H2/t12-/m1/s1. The quantitative estimate of drug-likeness (QED) is 0.543. The van der Waals surface area contributed by atoms with Gasteiger partial charge in [-0.15, -0.1) is 10.2 Å². The Balaban J connectivity index is 1.65. The van der Waals surface area contributed by atoms with E-state index in [4.69, 9.17) is 11.6 Å². The zero-order valence-electron chi connectivity index (χ0n) is 13.4. The summed E-state index contributed by atoms with van der Waals surface area (Å²) >= 11 is 8.79. The number of hydrogen-bond donors (Lipinski definition) is 0. The van der Waals surface area contributed by atoms with Gasteiger partial charge in [0.25, 0.3) is 0 Å². The van der Waals surface area contributed by atoms with Gasteiger partial charge in [0.2, 0.25) is 0 Å². The molecule has 8 heteroatoms. The third kappa shape index (κ3) is 3.37. The van der Waals surface area contributed by atoms with Gasteiger partial charge in [-0.1, -0.05) is 41.9 Å². The van der Waals surface area contributed by atoms with Gasteiger partial charge in [0.05, 0.1) is 17.0 Å². The highest BCUT2D eigenvalue weighted by atomic mass is 127. The second-order valence-corrected chi connectivity index (χ2v) is 7.53. The molecule has 3 heterocycles. The molecule has 130 valence electrons. The van der Waals surface area contributed by atoms with Crippen molar-refractivity contribution < 1.29 is 4.39 Å². The molecule has 0 amide bonds. The highest BCUT2D eigenvalue weighted by Crippen LogP contribution is 2.33. The van der Waals surface area contributed by atoms with Crippen LogP contribution < -0.4 is 0 Å². The van der Waals surface area contributed by atoms with Crippen LogP contribution in [0.4, 0.5) is 4.39 Å². The molecule has 4 rings (SSSR count). The fourth-order valence-electron chi connectivity index (χ4n) is 3.14. The predicted molar refractivity (Wildman–Crippen MR) is 104 cm³/mol. The van der Waals surface area contributed by atoms with E-state index in [0.29, 0.717) is 35.9 Å². The van der Waals surface area contributed by atoms with Crippen LogP contribution in [0.15, 0.2) is 30.3 Å². The minimum absolute atomic E-state index is 0.501. The number of likely N-dealkylation sites (tertiary alicyclic amines) is 1. The maximum Gasteiger partial charge on any atom is 0.183 e. The summed E-state index contributed by atoms with van der Waals surface area (Å²) in [6, 6.07) is 9.76. The van der Waals surface area contributed by atoms with E-state index in [2.05, 4.69) is 42.8 Å². The molecule has 1 aromatic carbocycles. The smallest absolute Gasteiger partial charge is 0.183 e. The highest BCUT2D eigenvalue weighted by Gasteiger charge is 2.23. The Hall–Kier alpha value is -1.32. The van der Waals surface area contributed by atoms with Crippen molar-refractivity contribution in [2.24, 2.45) is 0 Å². The summed E-state index contributed by atoms with van der Waals surface area (Å²) in [4.78, 5) is 2.11. The first-order chi connectivity index (χ1) is 12.1. The van der Waals surface area contributed by atoms with E-state index in [9.17, 15) is 4.39 Å². The fourth-order valence-corrected chi connectivity index (χ4v) is 4.39. The van der Waals surface area contributed by atoms with Crippen molar-refractivity contribution in [1.29, 1.82) is 0 Å². The van der Waals surface area contributed by atoms with Crippen molar-refractivity contribution in [1.82, 2.24) is 24.9 Å². The summed E-state index contributed by atoms with van der Waals surface area (Å²) in [7, 11) is 0. The van der Waals surface area contributed by atoms with Gasteiger partial charge < -0.3 is 0 Å². The molecular formula is C17H16ClFIN5. The number of fused-ring (bicyclic) bond motifs is 1. The minimum Gasteiger partial charge on any atom is -0.299 e. The minimum atomic E-state index is -0.711. The molecule has 0 spiro atoms. The molecule has 0 unspecified atom stereocenters. The van der Waals surface area contributed by atoms with Crippen LogP contribution >= 0.6 is 34.2 Å². The van der Waals surface area contributed by atoms with Crippen LogP contribution in [0.5, 0.6) is 0 Å². The van der Waals surface area contributed by atoms with Crippen LogP contribution in [0, 0.1) is 3.70 Å². The second-order valence-electron chi connectivity index (χ2n) is 6.13. The predicted octanol–water partition coefficient (Wildman–Crippen LogP) is 3.80. The van der Waals surface area contributed by atoms with Gasteiger partial charge in [-0.25, -0.2) is 9.07 Å². The maximum atomic E-state index is 13.3. The van der Waals surface area contributed by atoms with Gasteiger partial charge in [-0.2, -0.15) is 5.10 Å². The lowest BCUT2D eigenvalue weighted by Gasteiger charge is -2.14. The molecule has 1 saturated heterocycles. The maximum absolute atomic E-state index is 13.3. The van der Waals surface area contributed by atoms with Crippen LogP contribution in [-0.2, 0) is 6.54 Å². The molecule has 3 aromatic rings. The zero-order valence-corrected chi connectivity index (χ0v) is 16.3. The molecule has 0 radical (unpaired) electrons. The topological polar surface area (TPSA) is 46.8 Å². The first kappa shape index (κ1) is 17.1. The van der Waals surface area contributed by atoms with Crippen molar-refractivity contribution in [2.45, 2.75) is 19.1 Å². The van der Waals surface area contributed by atoms with Crippen LogP contribution in [-0.4, -0.2) is 50.7 Å². The first-order valence-electron chi connectivity index (χ1n) is 8.13. The van der Waals surface area contributed by atoms with E-state index < -0.39 is 6.17 Å². The summed E-state index contributed by atoms with van der Waals surface area (Å²) in [5.74, 6) is 0. The van der Waals surface area contributed by atoms with Crippen molar-refractivity contribution in [2.75, 3.05) is 19.6 Å². The molecule has 0 bridgehead atoms. The second kappa shape index (κ2) is 7.13. The Labute approximate surface area is 163 Å². The van der Waals surface area contributed by atoms with Crippen molar-refractivity contribution in [3.8, 4) is 11.3 Å². The normalized spacial score (nSPS) is 18.3. The molecule has 0 saturated carbocycles. The average molecular weight is 472 g/mol. The van der Waals surface area contributed by atoms with E-state index in [1.807, 2.05) is 35.0 Å². The van der Waals surface area contributed by atoms with Crippen LogP contribution in [0.1, 0.15) is 6.42 Å². The van der Waals surface area contributed by atoms with E-state index in [1.54, 1.807) is 0 Å². The summed E-state index contributed by atoms with van der Waals surface area (Å²) in [5, 5.41) is 14.6. The highest BCUT2D eigenvalue weighted by molar-refractivity contribution is 14.1. The Morgan fingerprint density at radius 2 is 2.00 bits per heavy atom. The number of halogens is 3. The monoisotopic (exact) mass is 471 g/mol. The Kier molecular flexibility index (Phi) is 4.88. The van der Waals surface area contributed by atoms with Crippen molar-refractivity contribution >= 4 is 45.2 Å². The summed E-state index contributed by atoms with van der Waals surface area (Å²) in [5.41, 5.74) is 2.26. The molecule has 5 nitrogen and oxygen atoms in total. The van der Waals surface area contributed by atoms with Crippen LogP contribution in [0.2, 0.25) is 5.02 Å². The molecule has 1 atom stereocenters. The number of benzene rings is 1. The molecule has 1 fully saturated rings. The largest absolute Gasteiger partial charge is 0.299 e. The molecule has 1 aliphatic rings. The first-order valence-corrected chi connectivity index (χ1v) is 9.59. The molecular weight excluding hydrogens is 456 g/mol. The lowest BCUT2D eigenvalue weighted by molar-refractivity contribution is 0.277. The van der Waals surface area contributed by atoms with E-state index in [1.165, 1.54) is 0 Å².